The Hall–Kier alpha value is -3.40. The van der Waals surface area contributed by atoms with Crippen molar-refractivity contribution in [2.45, 2.75) is 13.3 Å². The Morgan fingerprint density at radius 2 is 1.77 bits per heavy atom. The molecule has 0 saturated carbocycles. The van der Waals surface area contributed by atoms with Gasteiger partial charge in [0.25, 0.3) is 5.91 Å². The van der Waals surface area contributed by atoms with E-state index >= 15 is 0 Å². The molecule has 4 aromatic rings. The van der Waals surface area contributed by atoms with Gasteiger partial charge in [-0.25, -0.2) is 4.98 Å². The van der Waals surface area contributed by atoms with Crippen molar-refractivity contribution in [2.24, 2.45) is 0 Å². The highest BCUT2D eigenvalue weighted by molar-refractivity contribution is 6.04. The van der Waals surface area contributed by atoms with Crippen LogP contribution in [0.2, 0.25) is 0 Å². The van der Waals surface area contributed by atoms with Crippen LogP contribution in [0.5, 0.6) is 0 Å². The minimum atomic E-state index is -0.144. The SMILES string of the molecule is CCc1ccc(C(=O)Nc2ccc3nc(-c4ccccc4)oc3c2)cc1. The second-order valence-corrected chi connectivity index (χ2v) is 6.07. The fourth-order valence-electron chi connectivity index (χ4n) is 2.80. The van der Waals surface area contributed by atoms with Crippen molar-refractivity contribution in [1.82, 2.24) is 4.98 Å². The summed E-state index contributed by atoms with van der Waals surface area (Å²) in [6.07, 6.45) is 0.952. The van der Waals surface area contributed by atoms with Crippen LogP contribution in [0.4, 0.5) is 5.69 Å². The number of carbonyl (C=O) groups is 1. The molecule has 128 valence electrons. The molecular formula is C22H18N2O2. The lowest BCUT2D eigenvalue weighted by Gasteiger charge is -2.05. The zero-order valence-electron chi connectivity index (χ0n) is 14.4. The van der Waals surface area contributed by atoms with Gasteiger partial charge in [-0.05, 0) is 48.4 Å². The predicted molar refractivity (Wildman–Crippen MR) is 103 cm³/mol. The Morgan fingerprint density at radius 3 is 2.50 bits per heavy atom. The first-order chi connectivity index (χ1) is 12.7. The van der Waals surface area contributed by atoms with Crippen molar-refractivity contribution < 1.29 is 9.21 Å². The Morgan fingerprint density at radius 1 is 1.00 bits per heavy atom. The van der Waals surface area contributed by atoms with Crippen LogP contribution in [0, 0.1) is 0 Å². The number of hydrogen-bond donors (Lipinski definition) is 1. The zero-order valence-corrected chi connectivity index (χ0v) is 14.4. The number of carbonyl (C=O) groups excluding carboxylic acids is 1. The summed E-state index contributed by atoms with van der Waals surface area (Å²) in [5, 5.41) is 2.91. The third-order valence-electron chi connectivity index (χ3n) is 4.29. The lowest BCUT2D eigenvalue weighted by atomic mass is 10.1. The molecule has 0 bridgehead atoms. The van der Waals surface area contributed by atoms with Gasteiger partial charge in [-0.15, -0.1) is 0 Å². The minimum Gasteiger partial charge on any atom is -0.436 e. The lowest BCUT2D eigenvalue weighted by Crippen LogP contribution is -2.11. The number of aryl methyl sites for hydroxylation is 1. The van der Waals surface area contributed by atoms with Gasteiger partial charge in [0, 0.05) is 22.9 Å². The Kier molecular flexibility index (Phi) is 4.23. The van der Waals surface area contributed by atoms with Crippen LogP contribution in [0.3, 0.4) is 0 Å². The maximum atomic E-state index is 12.4. The molecule has 0 aliphatic heterocycles. The number of rotatable bonds is 4. The van der Waals surface area contributed by atoms with Gasteiger partial charge in [0.15, 0.2) is 5.58 Å². The number of oxazole rings is 1. The average Bonchev–Trinajstić information content (AvgIpc) is 3.12. The van der Waals surface area contributed by atoms with E-state index in [1.165, 1.54) is 5.56 Å². The van der Waals surface area contributed by atoms with E-state index in [1.807, 2.05) is 66.7 Å². The summed E-state index contributed by atoms with van der Waals surface area (Å²) in [5.74, 6) is 0.425. The zero-order chi connectivity index (χ0) is 17.9. The molecule has 1 amide bonds. The molecule has 4 rings (SSSR count). The van der Waals surface area contributed by atoms with Crippen LogP contribution >= 0.6 is 0 Å². The second-order valence-electron chi connectivity index (χ2n) is 6.07. The van der Waals surface area contributed by atoms with Crippen molar-refractivity contribution in [1.29, 1.82) is 0 Å². The summed E-state index contributed by atoms with van der Waals surface area (Å²) >= 11 is 0. The quantitative estimate of drug-likeness (QED) is 0.547. The maximum Gasteiger partial charge on any atom is 0.255 e. The maximum absolute atomic E-state index is 12.4. The van der Waals surface area contributed by atoms with Gasteiger partial charge in [0.1, 0.15) is 5.52 Å². The van der Waals surface area contributed by atoms with Crippen molar-refractivity contribution in [3.8, 4) is 11.5 Å². The van der Waals surface area contributed by atoms with E-state index in [4.69, 9.17) is 4.42 Å². The first-order valence-electron chi connectivity index (χ1n) is 8.59. The number of fused-ring (bicyclic) bond motifs is 1. The molecule has 3 aromatic carbocycles. The molecule has 1 aromatic heterocycles. The molecule has 0 unspecified atom stereocenters. The molecule has 4 heteroatoms. The highest BCUT2D eigenvalue weighted by Crippen LogP contribution is 2.26. The molecule has 0 atom stereocenters. The van der Waals surface area contributed by atoms with Crippen molar-refractivity contribution in [2.75, 3.05) is 5.32 Å². The summed E-state index contributed by atoms with van der Waals surface area (Å²) in [6.45, 7) is 2.09. The first-order valence-corrected chi connectivity index (χ1v) is 8.59. The molecule has 0 aliphatic carbocycles. The molecular weight excluding hydrogens is 324 g/mol. The summed E-state index contributed by atoms with van der Waals surface area (Å²) in [7, 11) is 0. The number of amides is 1. The standard InChI is InChI=1S/C22H18N2O2/c1-2-15-8-10-16(11-9-15)21(25)23-18-12-13-19-20(14-18)26-22(24-19)17-6-4-3-5-7-17/h3-14H,2H2,1H3,(H,23,25). The van der Waals surface area contributed by atoms with E-state index in [2.05, 4.69) is 17.2 Å². The molecule has 4 nitrogen and oxygen atoms in total. The first kappa shape index (κ1) is 16.1. The topological polar surface area (TPSA) is 55.1 Å². The molecule has 0 aliphatic rings. The molecule has 0 radical (unpaired) electrons. The van der Waals surface area contributed by atoms with Gasteiger partial charge in [0.2, 0.25) is 5.89 Å². The molecule has 0 saturated heterocycles. The van der Waals surface area contributed by atoms with E-state index in [0.29, 0.717) is 22.7 Å². The van der Waals surface area contributed by atoms with Crippen LogP contribution in [0.15, 0.2) is 77.2 Å². The van der Waals surface area contributed by atoms with Gasteiger partial charge in [-0.1, -0.05) is 37.3 Å². The van der Waals surface area contributed by atoms with E-state index in [0.717, 1.165) is 17.5 Å². The highest BCUT2D eigenvalue weighted by Gasteiger charge is 2.10. The van der Waals surface area contributed by atoms with Gasteiger partial charge in [0.05, 0.1) is 0 Å². The van der Waals surface area contributed by atoms with Crippen LogP contribution in [0.25, 0.3) is 22.6 Å². The molecule has 0 spiro atoms. The third-order valence-corrected chi connectivity index (χ3v) is 4.29. The van der Waals surface area contributed by atoms with Crippen LogP contribution in [0.1, 0.15) is 22.8 Å². The molecule has 26 heavy (non-hydrogen) atoms. The number of benzene rings is 3. The largest absolute Gasteiger partial charge is 0.436 e. The monoisotopic (exact) mass is 342 g/mol. The summed E-state index contributed by atoms with van der Waals surface area (Å²) < 4.78 is 5.85. The van der Waals surface area contributed by atoms with E-state index in [-0.39, 0.29) is 5.91 Å². The lowest BCUT2D eigenvalue weighted by molar-refractivity contribution is 0.102. The number of nitrogens with one attached hydrogen (secondary N) is 1. The summed E-state index contributed by atoms with van der Waals surface area (Å²) in [5.41, 5.74) is 4.84. The van der Waals surface area contributed by atoms with Gasteiger partial charge in [-0.3, -0.25) is 4.79 Å². The van der Waals surface area contributed by atoms with Gasteiger partial charge < -0.3 is 9.73 Å². The predicted octanol–water partition coefficient (Wildman–Crippen LogP) is 5.31. The van der Waals surface area contributed by atoms with E-state index in [9.17, 15) is 4.79 Å². The van der Waals surface area contributed by atoms with Crippen LogP contribution in [-0.2, 0) is 6.42 Å². The Bertz CT molecular complexity index is 1050. The molecule has 1 heterocycles. The second kappa shape index (κ2) is 6.84. The normalized spacial score (nSPS) is 10.8. The molecule has 0 fully saturated rings. The fraction of sp³-hybridized carbons (Fsp3) is 0.0909. The Labute approximate surface area is 151 Å². The summed E-state index contributed by atoms with van der Waals surface area (Å²) in [4.78, 5) is 16.9. The molecule has 1 N–H and O–H groups in total. The average molecular weight is 342 g/mol. The smallest absolute Gasteiger partial charge is 0.255 e. The number of aromatic nitrogens is 1. The third kappa shape index (κ3) is 3.22. The number of anilines is 1. The Balaban J connectivity index is 1.58. The van der Waals surface area contributed by atoms with Gasteiger partial charge >= 0.3 is 0 Å². The number of nitrogens with zero attached hydrogens (tertiary/aromatic N) is 1. The highest BCUT2D eigenvalue weighted by atomic mass is 16.3. The van der Waals surface area contributed by atoms with Crippen LogP contribution in [-0.4, -0.2) is 10.9 Å². The summed E-state index contributed by atoms with van der Waals surface area (Å²) in [6, 6.07) is 22.9. The number of hydrogen-bond acceptors (Lipinski definition) is 3. The van der Waals surface area contributed by atoms with Crippen molar-refractivity contribution >= 4 is 22.7 Å². The van der Waals surface area contributed by atoms with Crippen molar-refractivity contribution in [3.63, 3.8) is 0 Å². The minimum absolute atomic E-state index is 0.144. The van der Waals surface area contributed by atoms with E-state index in [1.54, 1.807) is 6.07 Å². The van der Waals surface area contributed by atoms with Crippen LogP contribution < -0.4 is 5.32 Å². The fourth-order valence-corrected chi connectivity index (χ4v) is 2.80. The van der Waals surface area contributed by atoms with Crippen molar-refractivity contribution in [3.05, 3.63) is 83.9 Å². The van der Waals surface area contributed by atoms with E-state index < -0.39 is 0 Å². The van der Waals surface area contributed by atoms with Gasteiger partial charge in [-0.2, -0.15) is 0 Å².